The lowest BCUT2D eigenvalue weighted by Crippen LogP contribution is -2.23. The number of para-hydroxylation sites is 2. The fraction of sp³-hybridized carbons (Fsp3) is 0.125. The summed E-state index contributed by atoms with van der Waals surface area (Å²) in [6, 6.07) is 10.9. The van der Waals surface area contributed by atoms with E-state index in [0.717, 1.165) is 11.5 Å². The van der Waals surface area contributed by atoms with Gasteiger partial charge in [0, 0.05) is 0 Å². The third-order valence-electron chi connectivity index (χ3n) is 3.28. The number of nitrogens with zero attached hydrogens (tertiary/aromatic N) is 1. The minimum Gasteiger partial charge on any atom is -0.495 e. The van der Waals surface area contributed by atoms with Gasteiger partial charge in [-0.2, -0.15) is 0 Å². The highest BCUT2D eigenvalue weighted by Crippen LogP contribution is 2.23. The lowest BCUT2D eigenvalue weighted by Gasteiger charge is -2.09. The number of ether oxygens (including phenoxy) is 1. The van der Waals surface area contributed by atoms with Crippen LogP contribution in [0.5, 0.6) is 5.75 Å². The topological polar surface area (TPSA) is 60.3 Å². The molecule has 0 saturated heterocycles. The molecule has 0 aliphatic heterocycles. The van der Waals surface area contributed by atoms with Crippen LogP contribution in [0.1, 0.15) is 0 Å². The summed E-state index contributed by atoms with van der Waals surface area (Å²) in [4.78, 5) is 24.3. The van der Waals surface area contributed by atoms with E-state index in [9.17, 15) is 14.0 Å². The maximum absolute atomic E-state index is 13.2. The lowest BCUT2D eigenvalue weighted by molar-refractivity contribution is -0.116. The van der Waals surface area contributed by atoms with Crippen molar-refractivity contribution in [3.63, 3.8) is 0 Å². The van der Waals surface area contributed by atoms with E-state index in [-0.39, 0.29) is 18.0 Å². The van der Waals surface area contributed by atoms with Gasteiger partial charge in [0.05, 0.1) is 22.9 Å². The summed E-state index contributed by atoms with van der Waals surface area (Å²) in [6.45, 7) is -0.141. The average molecular weight is 332 g/mol. The Balaban J connectivity index is 1.83. The normalized spacial score (nSPS) is 10.7. The van der Waals surface area contributed by atoms with Crippen LogP contribution in [0.2, 0.25) is 0 Å². The summed E-state index contributed by atoms with van der Waals surface area (Å²) in [7, 11) is 1.51. The molecule has 0 aliphatic rings. The van der Waals surface area contributed by atoms with Crippen molar-refractivity contribution < 1.29 is 13.9 Å². The molecule has 118 valence electrons. The first-order valence-electron chi connectivity index (χ1n) is 6.81. The zero-order chi connectivity index (χ0) is 16.4. The van der Waals surface area contributed by atoms with Gasteiger partial charge in [0.1, 0.15) is 18.1 Å². The number of anilines is 1. The molecule has 0 atom stereocenters. The van der Waals surface area contributed by atoms with Crippen LogP contribution in [0, 0.1) is 5.82 Å². The van der Waals surface area contributed by atoms with E-state index in [1.807, 2.05) is 0 Å². The van der Waals surface area contributed by atoms with Crippen molar-refractivity contribution in [1.82, 2.24) is 3.96 Å². The van der Waals surface area contributed by atoms with Crippen molar-refractivity contribution in [2.75, 3.05) is 12.4 Å². The molecular formula is C16H13FN2O3S. The first-order chi connectivity index (χ1) is 11.1. The number of halogens is 1. The predicted octanol–water partition coefficient (Wildman–Crippen LogP) is 2.85. The Morgan fingerprint density at radius 3 is 2.87 bits per heavy atom. The van der Waals surface area contributed by atoms with Gasteiger partial charge < -0.3 is 10.1 Å². The van der Waals surface area contributed by atoms with E-state index >= 15 is 0 Å². The van der Waals surface area contributed by atoms with E-state index in [2.05, 4.69) is 5.32 Å². The molecule has 0 radical (unpaired) electrons. The molecule has 0 bridgehead atoms. The Bertz CT molecular complexity index is 932. The van der Waals surface area contributed by atoms with Gasteiger partial charge in [0.2, 0.25) is 5.91 Å². The number of methoxy groups -OCH3 is 1. The average Bonchev–Trinajstić information content (AvgIpc) is 2.83. The molecule has 0 unspecified atom stereocenters. The van der Waals surface area contributed by atoms with E-state index < -0.39 is 5.82 Å². The fourth-order valence-corrected chi connectivity index (χ4v) is 3.23. The second kappa shape index (κ2) is 6.21. The molecular weight excluding hydrogens is 319 g/mol. The van der Waals surface area contributed by atoms with Crippen LogP contribution in [0.15, 0.2) is 47.3 Å². The highest BCUT2D eigenvalue weighted by Gasteiger charge is 2.13. The van der Waals surface area contributed by atoms with Crippen LogP contribution in [0.3, 0.4) is 0 Å². The van der Waals surface area contributed by atoms with Crippen molar-refractivity contribution in [2.24, 2.45) is 0 Å². The molecule has 3 rings (SSSR count). The van der Waals surface area contributed by atoms with Crippen LogP contribution in [0.4, 0.5) is 10.1 Å². The maximum atomic E-state index is 13.2. The molecule has 1 aromatic heterocycles. The molecule has 3 aromatic rings. The summed E-state index contributed by atoms with van der Waals surface area (Å²) in [5.41, 5.74) is 0.223. The lowest BCUT2D eigenvalue weighted by atomic mass is 10.3. The van der Waals surface area contributed by atoms with Crippen molar-refractivity contribution in [2.45, 2.75) is 6.54 Å². The number of aromatic nitrogens is 1. The number of benzene rings is 2. The number of nitrogens with one attached hydrogen (secondary N) is 1. The second-order valence-electron chi connectivity index (χ2n) is 4.82. The minimum absolute atomic E-state index is 0.141. The number of carbonyl (C=O) groups is 1. The zero-order valence-electron chi connectivity index (χ0n) is 12.2. The number of hydrogen-bond donors (Lipinski definition) is 1. The quantitative estimate of drug-likeness (QED) is 0.799. The van der Waals surface area contributed by atoms with Crippen molar-refractivity contribution in [3.05, 3.63) is 58.6 Å². The Hall–Kier alpha value is -2.67. The maximum Gasteiger partial charge on any atom is 0.269 e. The van der Waals surface area contributed by atoms with E-state index in [1.54, 1.807) is 24.3 Å². The highest BCUT2D eigenvalue weighted by atomic mass is 32.1. The largest absolute Gasteiger partial charge is 0.495 e. The molecule has 1 amide bonds. The van der Waals surface area contributed by atoms with Crippen LogP contribution in [0.25, 0.3) is 10.1 Å². The van der Waals surface area contributed by atoms with Gasteiger partial charge in [0.25, 0.3) is 5.56 Å². The highest BCUT2D eigenvalue weighted by molar-refractivity contribution is 7.13. The van der Waals surface area contributed by atoms with Gasteiger partial charge in [-0.1, -0.05) is 23.7 Å². The molecule has 5 nitrogen and oxygen atoms in total. The molecule has 0 saturated carbocycles. The standard InChI is InChI=1S/C16H13FN2O3S/c1-22-13-5-3-2-4-12(13)18-15(20)9-19-16(21)11-7-6-10(17)8-14(11)23-19/h2-8H,9H2,1H3,(H,18,20). The summed E-state index contributed by atoms with van der Waals surface area (Å²) in [6.07, 6.45) is 0. The zero-order valence-corrected chi connectivity index (χ0v) is 13.0. The first kappa shape index (κ1) is 15.2. The van der Waals surface area contributed by atoms with Crippen LogP contribution < -0.4 is 15.6 Å². The Kier molecular flexibility index (Phi) is 4.12. The van der Waals surface area contributed by atoms with Gasteiger partial charge >= 0.3 is 0 Å². The number of hydrogen-bond acceptors (Lipinski definition) is 4. The third-order valence-corrected chi connectivity index (χ3v) is 4.33. The molecule has 0 spiro atoms. The minimum atomic E-state index is -0.413. The summed E-state index contributed by atoms with van der Waals surface area (Å²) < 4.78 is 20.2. The number of rotatable bonds is 4. The number of fused-ring (bicyclic) bond motifs is 1. The summed E-state index contributed by atoms with van der Waals surface area (Å²) in [5, 5.41) is 3.11. The van der Waals surface area contributed by atoms with Gasteiger partial charge in [0.15, 0.2) is 0 Å². The third kappa shape index (κ3) is 3.09. The van der Waals surface area contributed by atoms with Crippen LogP contribution in [-0.4, -0.2) is 17.0 Å². The molecule has 23 heavy (non-hydrogen) atoms. The second-order valence-corrected chi connectivity index (χ2v) is 5.89. The summed E-state index contributed by atoms with van der Waals surface area (Å²) in [5.74, 6) is -0.236. The van der Waals surface area contributed by atoms with Gasteiger partial charge in [-0.05, 0) is 30.3 Å². The van der Waals surface area contributed by atoms with Crippen LogP contribution in [-0.2, 0) is 11.3 Å². The SMILES string of the molecule is COc1ccccc1NC(=O)Cn1sc2cc(F)ccc2c1=O. The summed E-state index contributed by atoms with van der Waals surface area (Å²) >= 11 is 1.06. The Morgan fingerprint density at radius 2 is 2.09 bits per heavy atom. The molecule has 1 heterocycles. The van der Waals surface area contributed by atoms with Gasteiger partial charge in [-0.3, -0.25) is 13.5 Å². The fourth-order valence-electron chi connectivity index (χ4n) is 2.22. The molecule has 0 fully saturated rings. The van der Waals surface area contributed by atoms with Gasteiger partial charge in [-0.15, -0.1) is 0 Å². The van der Waals surface area contributed by atoms with E-state index in [1.165, 1.54) is 29.3 Å². The molecule has 7 heteroatoms. The first-order valence-corrected chi connectivity index (χ1v) is 7.58. The van der Waals surface area contributed by atoms with Crippen molar-refractivity contribution >= 4 is 33.2 Å². The molecule has 2 aromatic carbocycles. The monoisotopic (exact) mass is 332 g/mol. The Morgan fingerprint density at radius 1 is 1.30 bits per heavy atom. The van der Waals surface area contributed by atoms with Gasteiger partial charge in [-0.25, -0.2) is 4.39 Å². The predicted molar refractivity (Wildman–Crippen MR) is 87.7 cm³/mol. The molecule has 1 N–H and O–H groups in total. The molecule has 0 aliphatic carbocycles. The number of amides is 1. The smallest absolute Gasteiger partial charge is 0.269 e. The number of carbonyl (C=O) groups excluding carboxylic acids is 1. The van der Waals surface area contributed by atoms with E-state index in [4.69, 9.17) is 4.74 Å². The van der Waals surface area contributed by atoms with Crippen molar-refractivity contribution in [3.8, 4) is 5.75 Å². The Labute approximate surface area is 135 Å². The van der Waals surface area contributed by atoms with Crippen molar-refractivity contribution in [1.29, 1.82) is 0 Å². The van der Waals surface area contributed by atoms with E-state index in [0.29, 0.717) is 21.5 Å². The van der Waals surface area contributed by atoms with Crippen LogP contribution >= 0.6 is 11.5 Å².